The number of carbonyl (C=O) groups is 1. The van der Waals surface area contributed by atoms with E-state index in [4.69, 9.17) is 0 Å². The monoisotopic (exact) mass is 248 g/mol. The molecular weight excluding hydrogens is 224 g/mol. The van der Waals surface area contributed by atoms with Crippen LogP contribution in [0.4, 0.5) is 0 Å². The SMILES string of the molecule is CCNC(C)(C)C(=O)N[C@@H](C)c1cccc(C)c1. The van der Waals surface area contributed by atoms with Gasteiger partial charge in [0, 0.05) is 0 Å². The topological polar surface area (TPSA) is 41.1 Å². The van der Waals surface area contributed by atoms with Gasteiger partial charge in [-0.3, -0.25) is 4.79 Å². The van der Waals surface area contributed by atoms with Crippen LogP contribution < -0.4 is 10.6 Å². The smallest absolute Gasteiger partial charge is 0.240 e. The van der Waals surface area contributed by atoms with Gasteiger partial charge in [0.2, 0.25) is 5.91 Å². The maximum absolute atomic E-state index is 12.1. The average Bonchev–Trinajstić information content (AvgIpc) is 2.28. The Morgan fingerprint density at radius 1 is 1.39 bits per heavy atom. The second-order valence-corrected chi connectivity index (χ2v) is 5.26. The molecule has 3 heteroatoms. The number of nitrogens with one attached hydrogen (secondary N) is 2. The first-order valence-corrected chi connectivity index (χ1v) is 6.49. The fraction of sp³-hybridized carbons (Fsp3) is 0.533. The maximum atomic E-state index is 12.1. The fourth-order valence-electron chi connectivity index (χ4n) is 1.92. The van der Waals surface area contributed by atoms with Gasteiger partial charge in [-0.05, 0) is 39.8 Å². The molecule has 0 unspecified atom stereocenters. The molecule has 1 aromatic rings. The Bertz CT molecular complexity index is 413. The van der Waals surface area contributed by atoms with E-state index in [0.717, 1.165) is 12.1 Å². The molecule has 1 aromatic carbocycles. The lowest BCUT2D eigenvalue weighted by Gasteiger charge is -2.27. The number of aryl methyl sites for hydroxylation is 1. The second kappa shape index (κ2) is 6.01. The van der Waals surface area contributed by atoms with Crippen molar-refractivity contribution in [3.8, 4) is 0 Å². The number of rotatable bonds is 5. The molecule has 2 N–H and O–H groups in total. The van der Waals surface area contributed by atoms with E-state index in [0.29, 0.717) is 0 Å². The van der Waals surface area contributed by atoms with Crippen molar-refractivity contribution >= 4 is 5.91 Å². The Kier molecular flexibility index (Phi) is 4.91. The normalized spacial score (nSPS) is 13.2. The van der Waals surface area contributed by atoms with Crippen LogP contribution in [0.1, 0.15) is 44.9 Å². The van der Waals surface area contributed by atoms with Crippen molar-refractivity contribution in [2.75, 3.05) is 6.54 Å². The summed E-state index contributed by atoms with van der Waals surface area (Å²) >= 11 is 0. The van der Waals surface area contributed by atoms with E-state index in [9.17, 15) is 4.79 Å². The van der Waals surface area contributed by atoms with Gasteiger partial charge in [-0.15, -0.1) is 0 Å². The second-order valence-electron chi connectivity index (χ2n) is 5.26. The highest BCUT2D eigenvalue weighted by atomic mass is 16.2. The fourth-order valence-corrected chi connectivity index (χ4v) is 1.92. The van der Waals surface area contributed by atoms with E-state index < -0.39 is 5.54 Å². The van der Waals surface area contributed by atoms with E-state index in [1.54, 1.807) is 0 Å². The highest BCUT2D eigenvalue weighted by Gasteiger charge is 2.27. The minimum atomic E-state index is -0.535. The van der Waals surface area contributed by atoms with Gasteiger partial charge in [0.05, 0.1) is 11.6 Å². The lowest BCUT2D eigenvalue weighted by molar-refractivity contribution is -0.127. The van der Waals surface area contributed by atoms with Gasteiger partial charge in [-0.2, -0.15) is 0 Å². The Hall–Kier alpha value is -1.35. The first kappa shape index (κ1) is 14.7. The molecule has 0 saturated heterocycles. The molecule has 1 amide bonds. The Labute approximate surface area is 110 Å². The van der Waals surface area contributed by atoms with Crippen LogP contribution in [0.2, 0.25) is 0 Å². The van der Waals surface area contributed by atoms with Crippen LogP contribution in [0, 0.1) is 6.92 Å². The lowest BCUT2D eigenvalue weighted by Crippen LogP contribution is -2.52. The maximum Gasteiger partial charge on any atom is 0.240 e. The van der Waals surface area contributed by atoms with Gasteiger partial charge >= 0.3 is 0 Å². The van der Waals surface area contributed by atoms with Crippen LogP contribution in [-0.4, -0.2) is 18.0 Å². The zero-order valence-electron chi connectivity index (χ0n) is 12.0. The van der Waals surface area contributed by atoms with E-state index in [1.165, 1.54) is 5.56 Å². The molecule has 0 bridgehead atoms. The van der Waals surface area contributed by atoms with Crippen LogP contribution in [-0.2, 0) is 4.79 Å². The summed E-state index contributed by atoms with van der Waals surface area (Å²) in [5.41, 5.74) is 1.81. The van der Waals surface area contributed by atoms with Crippen molar-refractivity contribution in [3.63, 3.8) is 0 Å². The molecule has 0 saturated carbocycles. The summed E-state index contributed by atoms with van der Waals surface area (Å²) in [6.45, 7) is 10.6. The molecule has 1 atom stereocenters. The van der Waals surface area contributed by atoms with Crippen molar-refractivity contribution in [2.24, 2.45) is 0 Å². The molecule has 18 heavy (non-hydrogen) atoms. The molecule has 0 spiro atoms. The predicted molar refractivity (Wildman–Crippen MR) is 75.5 cm³/mol. The highest BCUT2D eigenvalue weighted by Crippen LogP contribution is 2.15. The summed E-state index contributed by atoms with van der Waals surface area (Å²) in [6.07, 6.45) is 0. The summed E-state index contributed by atoms with van der Waals surface area (Å²) in [5, 5.41) is 6.22. The van der Waals surface area contributed by atoms with Crippen LogP contribution in [0.15, 0.2) is 24.3 Å². The molecule has 1 rings (SSSR count). The summed E-state index contributed by atoms with van der Waals surface area (Å²) in [5.74, 6) is 0.0263. The number of likely N-dealkylation sites (N-methyl/N-ethyl adjacent to an activating group) is 1. The summed E-state index contributed by atoms with van der Waals surface area (Å²) in [4.78, 5) is 12.1. The third-order valence-electron chi connectivity index (χ3n) is 3.08. The minimum absolute atomic E-state index is 0.0235. The minimum Gasteiger partial charge on any atom is -0.348 e. The Balaban J connectivity index is 2.70. The molecule has 3 nitrogen and oxygen atoms in total. The molecular formula is C15H24N2O. The van der Waals surface area contributed by atoms with Crippen LogP contribution in [0.5, 0.6) is 0 Å². The summed E-state index contributed by atoms with van der Waals surface area (Å²) < 4.78 is 0. The Morgan fingerprint density at radius 3 is 2.61 bits per heavy atom. The molecule has 0 heterocycles. The van der Waals surface area contributed by atoms with Gasteiger partial charge in [-0.1, -0.05) is 36.8 Å². The zero-order chi connectivity index (χ0) is 13.8. The largest absolute Gasteiger partial charge is 0.348 e. The van der Waals surface area contributed by atoms with Crippen molar-refractivity contribution in [1.29, 1.82) is 0 Å². The molecule has 0 fully saturated rings. The van der Waals surface area contributed by atoms with E-state index in [1.807, 2.05) is 39.8 Å². The van der Waals surface area contributed by atoms with Gasteiger partial charge in [0.25, 0.3) is 0 Å². The van der Waals surface area contributed by atoms with Crippen molar-refractivity contribution in [1.82, 2.24) is 10.6 Å². The lowest BCUT2D eigenvalue weighted by atomic mass is 10.0. The van der Waals surface area contributed by atoms with Crippen LogP contribution >= 0.6 is 0 Å². The standard InChI is InChI=1S/C15H24N2O/c1-6-16-15(4,5)14(18)17-12(3)13-9-7-8-11(2)10-13/h7-10,12,16H,6H2,1-5H3,(H,17,18)/t12-/m0/s1. The zero-order valence-corrected chi connectivity index (χ0v) is 12.0. The Morgan fingerprint density at radius 2 is 2.06 bits per heavy atom. The predicted octanol–water partition coefficient (Wildman–Crippen LogP) is 2.56. The van der Waals surface area contributed by atoms with Crippen molar-refractivity contribution < 1.29 is 4.79 Å². The van der Waals surface area contributed by atoms with E-state index in [-0.39, 0.29) is 11.9 Å². The third kappa shape index (κ3) is 3.84. The molecule has 0 aliphatic carbocycles. The molecule has 0 aliphatic rings. The molecule has 0 radical (unpaired) electrons. The number of hydrogen-bond acceptors (Lipinski definition) is 2. The number of amides is 1. The number of carbonyl (C=O) groups excluding carboxylic acids is 1. The molecule has 0 aliphatic heterocycles. The third-order valence-corrected chi connectivity index (χ3v) is 3.08. The van der Waals surface area contributed by atoms with Gasteiger partial charge in [0.15, 0.2) is 0 Å². The number of benzene rings is 1. The summed E-state index contributed by atoms with van der Waals surface area (Å²) in [6, 6.07) is 8.24. The van der Waals surface area contributed by atoms with Crippen LogP contribution in [0.25, 0.3) is 0 Å². The quantitative estimate of drug-likeness (QED) is 0.841. The van der Waals surface area contributed by atoms with E-state index >= 15 is 0 Å². The molecule has 0 aromatic heterocycles. The molecule has 100 valence electrons. The summed E-state index contributed by atoms with van der Waals surface area (Å²) in [7, 11) is 0. The first-order valence-electron chi connectivity index (χ1n) is 6.49. The van der Waals surface area contributed by atoms with Crippen molar-refractivity contribution in [2.45, 2.75) is 46.2 Å². The van der Waals surface area contributed by atoms with Gasteiger partial charge < -0.3 is 10.6 Å². The number of hydrogen-bond donors (Lipinski definition) is 2. The van der Waals surface area contributed by atoms with Gasteiger partial charge in [-0.25, -0.2) is 0 Å². The average molecular weight is 248 g/mol. The van der Waals surface area contributed by atoms with Crippen LogP contribution in [0.3, 0.4) is 0 Å². The van der Waals surface area contributed by atoms with Gasteiger partial charge in [0.1, 0.15) is 0 Å². The highest BCUT2D eigenvalue weighted by molar-refractivity contribution is 5.85. The van der Waals surface area contributed by atoms with E-state index in [2.05, 4.69) is 29.7 Å². The first-order chi connectivity index (χ1) is 8.36. The van der Waals surface area contributed by atoms with Crippen molar-refractivity contribution in [3.05, 3.63) is 35.4 Å².